The van der Waals surface area contributed by atoms with E-state index in [4.69, 9.17) is 0 Å². The molecule has 19 heavy (non-hydrogen) atoms. The van der Waals surface area contributed by atoms with Gasteiger partial charge in [-0.3, -0.25) is 9.89 Å². The van der Waals surface area contributed by atoms with E-state index in [9.17, 15) is 4.79 Å². The number of hydrogen-bond acceptors (Lipinski definition) is 2. The number of rotatable bonds is 2. The molecule has 0 aliphatic heterocycles. The van der Waals surface area contributed by atoms with Crippen molar-refractivity contribution in [1.29, 1.82) is 0 Å². The molecule has 0 aliphatic rings. The van der Waals surface area contributed by atoms with Crippen molar-refractivity contribution in [2.75, 3.05) is 5.32 Å². The summed E-state index contributed by atoms with van der Waals surface area (Å²) >= 11 is 0. The smallest absolute Gasteiger partial charge is 0.255 e. The summed E-state index contributed by atoms with van der Waals surface area (Å²) in [5.41, 5.74) is 3.29. The van der Waals surface area contributed by atoms with Crippen LogP contribution in [-0.4, -0.2) is 20.7 Å². The second-order valence-corrected chi connectivity index (χ2v) is 4.56. The Morgan fingerprint density at radius 1 is 1.37 bits per heavy atom. The first-order valence-electron chi connectivity index (χ1n) is 6.01. The quantitative estimate of drug-likeness (QED) is 0.738. The van der Waals surface area contributed by atoms with Gasteiger partial charge < -0.3 is 9.88 Å². The number of amides is 1. The lowest BCUT2D eigenvalue weighted by Crippen LogP contribution is -2.12. The first kappa shape index (κ1) is 11.5. The fraction of sp³-hybridized carbons (Fsp3) is 0.143. The number of nitrogens with one attached hydrogen (secondary N) is 2. The zero-order chi connectivity index (χ0) is 13.4. The summed E-state index contributed by atoms with van der Waals surface area (Å²) in [6, 6.07) is 7.66. The third-order valence-corrected chi connectivity index (χ3v) is 3.23. The highest BCUT2D eigenvalue weighted by molar-refractivity contribution is 6.06. The van der Waals surface area contributed by atoms with Gasteiger partial charge in [0.1, 0.15) is 0 Å². The van der Waals surface area contributed by atoms with Crippen molar-refractivity contribution in [2.45, 2.75) is 6.92 Å². The molecule has 2 N–H and O–H groups in total. The predicted molar refractivity (Wildman–Crippen MR) is 74.2 cm³/mol. The number of H-pyrrole nitrogens is 1. The second kappa shape index (κ2) is 4.28. The minimum absolute atomic E-state index is 0.129. The van der Waals surface area contributed by atoms with Gasteiger partial charge in [0, 0.05) is 29.7 Å². The maximum atomic E-state index is 12.2. The molecule has 3 aromatic rings. The molecule has 2 aromatic heterocycles. The normalized spacial score (nSPS) is 10.8. The molecule has 0 saturated heterocycles. The molecule has 0 saturated carbocycles. The fourth-order valence-electron chi connectivity index (χ4n) is 2.09. The first-order chi connectivity index (χ1) is 9.15. The van der Waals surface area contributed by atoms with E-state index >= 15 is 0 Å². The van der Waals surface area contributed by atoms with Crippen LogP contribution in [0.4, 0.5) is 5.69 Å². The van der Waals surface area contributed by atoms with E-state index in [0.717, 1.165) is 16.6 Å². The van der Waals surface area contributed by atoms with E-state index in [1.807, 2.05) is 49.0 Å². The van der Waals surface area contributed by atoms with E-state index in [0.29, 0.717) is 11.3 Å². The Balaban J connectivity index is 1.91. The Labute approximate surface area is 110 Å². The van der Waals surface area contributed by atoms with E-state index in [1.54, 1.807) is 6.20 Å². The highest BCUT2D eigenvalue weighted by Crippen LogP contribution is 2.18. The highest BCUT2D eigenvalue weighted by atomic mass is 16.1. The molecule has 0 atom stereocenters. The standard InChI is InChI=1S/C14H14N4O/c1-9-12(8-15-17-9)16-14(19)11-3-4-13-10(7-11)5-6-18(13)2/h3-8H,1-2H3,(H,15,17)(H,16,19). The molecular formula is C14H14N4O. The van der Waals surface area contributed by atoms with Gasteiger partial charge in [0.15, 0.2) is 0 Å². The molecule has 2 heterocycles. The Morgan fingerprint density at radius 2 is 2.21 bits per heavy atom. The number of hydrogen-bond donors (Lipinski definition) is 2. The van der Waals surface area contributed by atoms with Crippen LogP contribution in [-0.2, 0) is 7.05 Å². The molecular weight excluding hydrogens is 240 g/mol. The van der Waals surface area contributed by atoms with E-state index in [-0.39, 0.29) is 5.91 Å². The minimum atomic E-state index is -0.129. The molecule has 0 aliphatic carbocycles. The molecule has 5 heteroatoms. The number of aryl methyl sites for hydroxylation is 2. The van der Waals surface area contributed by atoms with Crippen molar-refractivity contribution in [2.24, 2.45) is 7.05 Å². The van der Waals surface area contributed by atoms with Gasteiger partial charge in [0.05, 0.1) is 17.6 Å². The highest BCUT2D eigenvalue weighted by Gasteiger charge is 2.10. The molecule has 0 spiro atoms. The lowest BCUT2D eigenvalue weighted by atomic mass is 10.1. The van der Waals surface area contributed by atoms with Crippen LogP contribution < -0.4 is 5.32 Å². The predicted octanol–water partition coefficient (Wildman–Crippen LogP) is 2.46. The second-order valence-electron chi connectivity index (χ2n) is 4.56. The number of nitrogens with zero attached hydrogens (tertiary/aromatic N) is 2. The molecule has 0 radical (unpaired) electrons. The zero-order valence-corrected chi connectivity index (χ0v) is 10.8. The summed E-state index contributed by atoms with van der Waals surface area (Å²) in [5.74, 6) is -0.129. The maximum absolute atomic E-state index is 12.2. The molecule has 3 rings (SSSR count). The van der Waals surface area contributed by atoms with Crippen LogP contribution >= 0.6 is 0 Å². The number of fused-ring (bicyclic) bond motifs is 1. The van der Waals surface area contributed by atoms with Crippen LogP contribution in [0.2, 0.25) is 0 Å². The van der Waals surface area contributed by atoms with E-state index in [2.05, 4.69) is 15.5 Å². The van der Waals surface area contributed by atoms with E-state index < -0.39 is 0 Å². The zero-order valence-electron chi connectivity index (χ0n) is 10.8. The number of carbonyl (C=O) groups is 1. The number of aromatic nitrogens is 3. The first-order valence-corrected chi connectivity index (χ1v) is 6.01. The molecule has 5 nitrogen and oxygen atoms in total. The Kier molecular flexibility index (Phi) is 2.59. The van der Waals surface area contributed by atoms with Gasteiger partial charge in [-0.2, -0.15) is 5.10 Å². The van der Waals surface area contributed by atoms with Crippen LogP contribution in [0.3, 0.4) is 0 Å². The van der Waals surface area contributed by atoms with Crippen LogP contribution in [0, 0.1) is 6.92 Å². The fourth-order valence-corrected chi connectivity index (χ4v) is 2.09. The molecule has 0 unspecified atom stereocenters. The third kappa shape index (κ3) is 1.99. The van der Waals surface area contributed by atoms with Crippen molar-refractivity contribution < 1.29 is 4.79 Å². The summed E-state index contributed by atoms with van der Waals surface area (Å²) < 4.78 is 2.03. The van der Waals surface area contributed by atoms with Crippen LogP contribution in [0.25, 0.3) is 10.9 Å². The van der Waals surface area contributed by atoms with Gasteiger partial charge in [-0.15, -0.1) is 0 Å². The molecule has 1 aromatic carbocycles. The Hall–Kier alpha value is -2.56. The van der Waals surface area contributed by atoms with Gasteiger partial charge in [0.2, 0.25) is 0 Å². The van der Waals surface area contributed by atoms with Crippen LogP contribution in [0.15, 0.2) is 36.7 Å². The number of anilines is 1. The van der Waals surface area contributed by atoms with Crippen molar-refractivity contribution >= 4 is 22.5 Å². The summed E-state index contributed by atoms with van der Waals surface area (Å²) in [5, 5.41) is 10.6. The topological polar surface area (TPSA) is 62.7 Å². The summed E-state index contributed by atoms with van der Waals surface area (Å²) in [7, 11) is 1.98. The molecule has 0 fully saturated rings. The summed E-state index contributed by atoms with van der Waals surface area (Å²) in [6.07, 6.45) is 3.58. The van der Waals surface area contributed by atoms with Crippen molar-refractivity contribution in [3.05, 3.63) is 47.9 Å². The summed E-state index contributed by atoms with van der Waals surface area (Å²) in [4.78, 5) is 12.2. The van der Waals surface area contributed by atoms with Crippen molar-refractivity contribution in [1.82, 2.24) is 14.8 Å². The molecule has 1 amide bonds. The van der Waals surface area contributed by atoms with Gasteiger partial charge >= 0.3 is 0 Å². The monoisotopic (exact) mass is 254 g/mol. The number of benzene rings is 1. The SMILES string of the molecule is Cc1[nH]ncc1NC(=O)c1ccc2c(ccn2C)c1. The van der Waals surface area contributed by atoms with Crippen molar-refractivity contribution in [3.63, 3.8) is 0 Å². The molecule has 0 bridgehead atoms. The molecule has 96 valence electrons. The van der Waals surface area contributed by atoms with Crippen molar-refractivity contribution in [3.8, 4) is 0 Å². The number of aromatic amines is 1. The largest absolute Gasteiger partial charge is 0.351 e. The minimum Gasteiger partial charge on any atom is -0.351 e. The maximum Gasteiger partial charge on any atom is 0.255 e. The lowest BCUT2D eigenvalue weighted by molar-refractivity contribution is 0.102. The Bertz CT molecular complexity index is 754. The van der Waals surface area contributed by atoms with Gasteiger partial charge in [-0.25, -0.2) is 0 Å². The van der Waals surface area contributed by atoms with Gasteiger partial charge in [-0.1, -0.05) is 0 Å². The Morgan fingerprint density at radius 3 is 2.95 bits per heavy atom. The number of carbonyl (C=O) groups excluding carboxylic acids is 1. The van der Waals surface area contributed by atoms with E-state index in [1.165, 1.54) is 0 Å². The van der Waals surface area contributed by atoms with Gasteiger partial charge in [-0.05, 0) is 31.2 Å². The lowest BCUT2D eigenvalue weighted by Gasteiger charge is -2.04. The van der Waals surface area contributed by atoms with Gasteiger partial charge in [0.25, 0.3) is 5.91 Å². The van der Waals surface area contributed by atoms with Crippen LogP contribution in [0.5, 0.6) is 0 Å². The van der Waals surface area contributed by atoms with Crippen LogP contribution in [0.1, 0.15) is 16.1 Å². The average Bonchev–Trinajstić information content (AvgIpc) is 2.97. The third-order valence-electron chi connectivity index (χ3n) is 3.23. The average molecular weight is 254 g/mol. The summed E-state index contributed by atoms with van der Waals surface area (Å²) in [6.45, 7) is 1.86.